The Kier molecular flexibility index (Phi) is 7.55. The zero-order valence-electron chi connectivity index (χ0n) is 19.9. The number of rotatable bonds is 8. The van der Waals surface area contributed by atoms with Gasteiger partial charge < -0.3 is 14.6 Å². The molecule has 0 saturated carbocycles. The molecule has 0 atom stereocenters. The molecule has 0 unspecified atom stereocenters. The summed E-state index contributed by atoms with van der Waals surface area (Å²) in [7, 11) is 2.84. The number of thioether (sulfide) groups is 1. The van der Waals surface area contributed by atoms with Gasteiger partial charge in [-0.3, -0.25) is 14.2 Å². The van der Waals surface area contributed by atoms with Crippen molar-refractivity contribution in [3.63, 3.8) is 0 Å². The van der Waals surface area contributed by atoms with Crippen LogP contribution in [0.15, 0.2) is 75.7 Å². The van der Waals surface area contributed by atoms with Crippen LogP contribution >= 0.6 is 11.8 Å². The minimum absolute atomic E-state index is 0.0176. The number of carbonyl (C=O) groups is 1. The summed E-state index contributed by atoms with van der Waals surface area (Å²) in [6.45, 7) is 1.92. The van der Waals surface area contributed by atoms with Crippen LogP contribution in [-0.4, -0.2) is 46.8 Å². The molecule has 36 heavy (non-hydrogen) atoms. The largest absolute Gasteiger partial charge is 0.502 e. The lowest BCUT2D eigenvalue weighted by Crippen LogP contribution is -2.24. The molecular weight excluding hydrogens is 480 g/mol. The molecule has 184 valence electrons. The number of aryl methyl sites for hydroxylation is 1. The molecule has 10 heteroatoms. The summed E-state index contributed by atoms with van der Waals surface area (Å²) in [5.41, 5.74) is 4.99. The van der Waals surface area contributed by atoms with Gasteiger partial charge in [0.25, 0.3) is 11.5 Å². The van der Waals surface area contributed by atoms with Crippen LogP contribution in [0.25, 0.3) is 16.6 Å². The summed E-state index contributed by atoms with van der Waals surface area (Å²) >= 11 is 1.14. The molecule has 3 aromatic carbocycles. The topological polar surface area (TPSA) is 115 Å². The van der Waals surface area contributed by atoms with Crippen LogP contribution < -0.4 is 20.5 Å². The fraction of sp³-hybridized carbons (Fsp3) is 0.154. The number of methoxy groups -OCH3 is 2. The zero-order valence-corrected chi connectivity index (χ0v) is 20.7. The van der Waals surface area contributed by atoms with Crippen molar-refractivity contribution in [2.24, 2.45) is 5.10 Å². The van der Waals surface area contributed by atoms with Crippen LogP contribution in [0.2, 0.25) is 0 Å². The lowest BCUT2D eigenvalue weighted by atomic mass is 10.2. The Bertz CT molecular complexity index is 1490. The molecule has 0 spiro atoms. The van der Waals surface area contributed by atoms with Gasteiger partial charge >= 0.3 is 0 Å². The molecule has 0 bridgehead atoms. The van der Waals surface area contributed by atoms with Gasteiger partial charge in [-0.1, -0.05) is 42.1 Å². The van der Waals surface area contributed by atoms with E-state index in [0.29, 0.717) is 27.3 Å². The highest BCUT2D eigenvalue weighted by atomic mass is 32.2. The highest BCUT2D eigenvalue weighted by Gasteiger charge is 2.16. The third-order valence-electron chi connectivity index (χ3n) is 5.34. The number of nitrogens with zero attached hydrogens (tertiary/aromatic N) is 3. The summed E-state index contributed by atoms with van der Waals surface area (Å²) in [4.78, 5) is 30.5. The SMILES string of the molecule is COc1cc(/C=N\NC(=O)CSc2nc3ccccc3c(=O)n2-c2ccccc2C)cc(OC)c1O. The average Bonchev–Trinajstić information content (AvgIpc) is 2.89. The molecule has 0 aliphatic heterocycles. The van der Waals surface area contributed by atoms with Crippen LogP contribution in [0.3, 0.4) is 0 Å². The van der Waals surface area contributed by atoms with Crippen LogP contribution in [0.5, 0.6) is 17.2 Å². The number of nitrogens with one attached hydrogen (secondary N) is 1. The number of phenolic OH excluding ortho intramolecular Hbond substituents is 1. The van der Waals surface area contributed by atoms with Crippen LogP contribution in [0.1, 0.15) is 11.1 Å². The van der Waals surface area contributed by atoms with Crippen molar-refractivity contribution in [3.8, 4) is 22.9 Å². The normalized spacial score (nSPS) is 11.1. The maximum absolute atomic E-state index is 13.4. The second-order valence-electron chi connectivity index (χ2n) is 7.69. The lowest BCUT2D eigenvalue weighted by molar-refractivity contribution is -0.118. The molecular formula is C26H24N4O5S. The summed E-state index contributed by atoms with van der Waals surface area (Å²) < 4.78 is 11.8. The number of ether oxygens (including phenoxy) is 2. The van der Waals surface area contributed by atoms with E-state index in [1.807, 2.05) is 37.3 Å². The summed E-state index contributed by atoms with van der Waals surface area (Å²) in [6, 6.07) is 17.8. The van der Waals surface area contributed by atoms with Gasteiger partial charge in [-0.05, 0) is 42.8 Å². The summed E-state index contributed by atoms with van der Waals surface area (Å²) in [5.74, 6) is -0.0905. The Morgan fingerprint density at radius 2 is 1.78 bits per heavy atom. The van der Waals surface area contributed by atoms with E-state index in [-0.39, 0.29) is 34.5 Å². The van der Waals surface area contributed by atoms with Crippen molar-refractivity contribution in [2.75, 3.05) is 20.0 Å². The van der Waals surface area contributed by atoms with Crippen molar-refractivity contribution in [3.05, 3.63) is 82.1 Å². The highest BCUT2D eigenvalue weighted by Crippen LogP contribution is 2.36. The van der Waals surface area contributed by atoms with Gasteiger partial charge in [-0.25, -0.2) is 10.4 Å². The molecule has 0 aliphatic carbocycles. The van der Waals surface area contributed by atoms with Crippen LogP contribution in [-0.2, 0) is 4.79 Å². The van der Waals surface area contributed by atoms with E-state index in [1.165, 1.54) is 25.0 Å². The van der Waals surface area contributed by atoms with Gasteiger partial charge in [0.1, 0.15) is 0 Å². The molecule has 0 radical (unpaired) electrons. The van der Waals surface area contributed by atoms with Crippen LogP contribution in [0, 0.1) is 6.92 Å². The first-order valence-electron chi connectivity index (χ1n) is 10.9. The number of hydrazone groups is 1. The van der Waals surface area contributed by atoms with Crippen molar-refractivity contribution in [1.82, 2.24) is 15.0 Å². The Balaban J connectivity index is 1.55. The van der Waals surface area contributed by atoms with E-state index in [0.717, 1.165) is 17.3 Å². The van der Waals surface area contributed by atoms with Gasteiger partial charge in [0.2, 0.25) is 5.75 Å². The minimum atomic E-state index is -0.382. The van der Waals surface area contributed by atoms with Crippen molar-refractivity contribution in [1.29, 1.82) is 0 Å². The number of aromatic nitrogens is 2. The molecule has 4 aromatic rings. The van der Waals surface area contributed by atoms with E-state index in [2.05, 4.69) is 15.5 Å². The lowest BCUT2D eigenvalue weighted by Gasteiger charge is -2.14. The van der Waals surface area contributed by atoms with Gasteiger partial charge in [0.05, 0.1) is 42.8 Å². The highest BCUT2D eigenvalue weighted by molar-refractivity contribution is 7.99. The second kappa shape index (κ2) is 11.0. The first kappa shape index (κ1) is 24.8. The van der Waals surface area contributed by atoms with Crippen molar-refractivity contribution >= 4 is 34.8 Å². The number of aromatic hydroxyl groups is 1. The first-order valence-corrected chi connectivity index (χ1v) is 11.9. The van der Waals surface area contributed by atoms with E-state index in [9.17, 15) is 14.7 Å². The Morgan fingerprint density at radius 3 is 2.47 bits per heavy atom. The molecule has 1 heterocycles. The average molecular weight is 505 g/mol. The number of hydrogen-bond acceptors (Lipinski definition) is 8. The van der Waals surface area contributed by atoms with Crippen molar-refractivity contribution in [2.45, 2.75) is 12.1 Å². The van der Waals surface area contributed by atoms with Crippen molar-refractivity contribution < 1.29 is 19.4 Å². The van der Waals surface area contributed by atoms with E-state index >= 15 is 0 Å². The number of para-hydroxylation sites is 2. The van der Waals surface area contributed by atoms with Gasteiger partial charge in [0.15, 0.2) is 16.7 Å². The molecule has 9 nitrogen and oxygen atoms in total. The Labute approximate surface area is 211 Å². The number of carbonyl (C=O) groups excluding carboxylic acids is 1. The molecule has 0 saturated heterocycles. The van der Waals surface area contributed by atoms with Crippen LogP contribution in [0.4, 0.5) is 0 Å². The van der Waals surface area contributed by atoms with E-state index in [4.69, 9.17) is 9.47 Å². The summed E-state index contributed by atoms with van der Waals surface area (Å²) in [6.07, 6.45) is 1.41. The molecule has 1 amide bonds. The maximum atomic E-state index is 13.4. The standard InChI is InChI=1S/C26H24N4O5S/c1-16-8-4-7-11-20(16)30-25(33)18-9-5-6-10-19(18)28-26(30)36-15-23(31)29-27-14-17-12-21(34-2)24(32)22(13-17)35-3/h4-14,32H,15H2,1-3H3,(H,29,31)/b27-14-. The second-order valence-corrected chi connectivity index (χ2v) is 8.64. The predicted octanol–water partition coefficient (Wildman–Crippen LogP) is 3.66. The van der Waals surface area contributed by atoms with Gasteiger partial charge in [0, 0.05) is 5.56 Å². The quantitative estimate of drug-likeness (QED) is 0.163. The fourth-order valence-electron chi connectivity index (χ4n) is 3.57. The third-order valence-corrected chi connectivity index (χ3v) is 6.28. The fourth-order valence-corrected chi connectivity index (χ4v) is 4.36. The molecule has 2 N–H and O–H groups in total. The maximum Gasteiger partial charge on any atom is 0.266 e. The number of amides is 1. The molecule has 0 fully saturated rings. The smallest absolute Gasteiger partial charge is 0.266 e. The van der Waals surface area contributed by atoms with E-state index in [1.54, 1.807) is 30.3 Å². The third kappa shape index (κ3) is 5.18. The Hall–Kier alpha value is -4.31. The number of hydrogen-bond donors (Lipinski definition) is 2. The zero-order chi connectivity index (χ0) is 25.7. The molecule has 4 rings (SSSR count). The van der Waals surface area contributed by atoms with Gasteiger partial charge in [-0.15, -0.1) is 0 Å². The number of benzene rings is 3. The summed E-state index contributed by atoms with van der Waals surface area (Å²) in [5, 5.41) is 14.9. The first-order chi connectivity index (χ1) is 17.4. The predicted molar refractivity (Wildman–Crippen MR) is 140 cm³/mol. The molecule has 0 aliphatic rings. The molecule has 1 aromatic heterocycles. The number of fused-ring (bicyclic) bond motifs is 1. The minimum Gasteiger partial charge on any atom is -0.502 e. The van der Waals surface area contributed by atoms with E-state index < -0.39 is 0 Å². The Morgan fingerprint density at radius 1 is 1.11 bits per heavy atom. The number of phenols is 1. The van der Waals surface area contributed by atoms with Gasteiger partial charge in [-0.2, -0.15) is 5.10 Å². The monoisotopic (exact) mass is 504 g/mol.